The summed E-state index contributed by atoms with van der Waals surface area (Å²) < 4.78 is 51.5. The molecule has 0 saturated heterocycles. The van der Waals surface area contributed by atoms with Gasteiger partial charge >= 0.3 is 6.18 Å². The van der Waals surface area contributed by atoms with Crippen molar-refractivity contribution in [2.45, 2.75) is 12.7 Å². The second-order valence-corrected chi connectivity index (χ2v) is 5.73. The van der Waals surface area contributed by atoms with Crippen molar-refractivity contribution in [1.29, 1.82) is 0 Å². The Morgan fingerprint density at radius 2 is 2.09 bits per heavy atom. The van der Waals surface area contributed by atoms with Gasteiger partial charge in [0.2, 0.25) is 0 Å². The second-order valence-electron chi connectivity index (χ2n) is 4.04. The van der Waals surface area contributed by atoms with Gasteiger partial charge in [-0.15, -0.1) is 11.3 Å². The van der Waals surface area contributed by atoms with Gasteiger partial charge in [-0.05, 0) is 0 Å². The van der Waals surface area contributed by atoms with Gasteiger partial charge in [0, 0.05) is 23.2 Å². The number of nitrogens with one attached hydrogen (secondary N) is 1. The third-order valence-corrected chi connectivity index (χ3v) is 3.68. The molecule has 2 aromatic rings. The Morgan fingerprint density at radius 1 is 1.41 bits per heavy atom. The van der Waals surface area contributed by atoms with E-state index in [4.69, 9.17) is 11.6 Å². The minimum absolute atomic E-state index is 0.00995. The molecule has 118 valence electrons. The molecule has 1 N–H and O–H groups in total. The molecule has 2 rings (SSSR count). The number of nitro benzene ring substituents is 1. The molecule has 0 fully saturated rings. The van der Waals surface area contributed by atoms with E-state index in [0.29, 0.717) is 10.9 Å². The average Bonchev–Trinajstić information content (AvgIpc) is 2.80. The van der Waals surface area contributed by atoms with Crippen LogP contribution in [0.4, 0.5) is 28.9 Å². The number of halogens is 5. The first-order valence-electron chi connectivity index (χ1n) is 5.57. The summed E-state index contributed by atoms with van der Waals surface area (Å²) in [6, 6.07) is 0.612. The van der Waals surface area contributed by atoms with Gasteiger partial charge in [0.1, 0.15) is 11.5 Å². The van der Waals surface area contributed by atoms with Gasteiger partial charge in [-0.25, -0.2) is 9.37 Å². The van der Waals surface area contributed by atoms with Crippen LogP contribution in [0.1, 0.15) is 10.4 Å². The maximum absolute atomic E-state index is 13.5. The van der Waals surface area contributed by atoms with Gasteiger partial charge in [0.15, 0.2) is 4.47 Å². The van der Waals surface area contributed by atoms with Crippen molar-refractivity contribution >= 4 is 34.3 Å². The number of anilines is 1. The van der Waals surface area contributed by atoms with Gasteiger partial charge in [-0.2, -0.15) is 13.2 Å². The molecule has 1 heterocycles. The summed E-state index contributed by atoms with van der Waals surface area (Å²) in [6.45, 7) is 0.00995. The summed E-state index contributed by atoms with van der Waals surface area (Å²) in [4.78, 5) is 14.2. The maximum atomic E-state index is 13.5. The summed E-state index contributed by atoms with van der Waals surface area (Å²) in [5.74, 6) is -1.59. The monoisotopic (exact) mass is 355 g/mol. The highest BCUT2D eigenvalue weighted by atomic mass is 35.5. The fraction of sp³-hybridized carbons (Fsp3) is 0.182. The molecule has 0 saturated carbocycles. The number of rotatable bonds is 4. The average molecular weight is 356 g/mol. The molecule has 0 atom stereocenters. The van der Waals surface area contributed by atoms with Crippen molar-refractivity contribution in [2.24, 2.45) is 0 Å². The van der Waals surface area contributed by atoms with Crippen molar-refractivity contribution in [3.63, 3.8) is 0 Å². The number of nitrogens with zero attached hydrogens (tertiary/aromatic N) is 2. The fourth-order valence-electron chi connectivity index (χ4n) is 1.62. The summed E-state index contributed by atoms with van der Waals surface area (Å²) >= 11 is 6.69. The molecule has 1 aromatic heterocycles. The minimum Gasteiger partial charge on any atom is -0.374 e. The first-order chi connectivity index (χ1) is 10.2. The number of benzene rings is 1. The first-order valence-corrected chi connectivity index (χ1v) is 6.77. The third kappa shape index (κ3) is 3.63. The standard InChI is InChI=1S/C11H6ClF4N3O2S/c12-10-18-4-5(22-10)3-17-8-2-7(13)6(11(14,15)16)1-9(8)19(20)21/h1-2,4,17H,3H2. The lowest BCUT2D eigenvalue weighted by atomic mass is 10.1. The normalized spacial score (nSPS) is 11.5. The number of thiazole rings is 1. The number of nitro groups is 1. The van der Waals surface area contributed by atoms with Crippen molar-refractivity contribution < 1.29 is 22.5 Å². The molecule has 22 heavy (non-hydrogen) atoms. The highest BCUT2D eigenvalue weighted by molar-refractivity contribution is 7.15. The minimum atomic E-state index is -5.02. The summed E-state index contributed by atoms with van der Waals surface area (Å²) in [5, 5.41) is 13.4. The van der Waals surface area contributed by atoms with Gasteiger partial charge < -0.3 is 5.32 Å². The van der Waals surface area contributed by atoms with Gasteiger partial charge in [0.25, 0.3) is 5.69 Å². The van der Waals surface area contributed by atoms with E-state index in [2.05, 4.69) is 10.3 Å². The van der Waals surface area contributed by atoms with E-state index in [0.717, 1.165) is 11.3 Å². The molecule has 11 heteroatoms. The number of hydrogen-bond donors (Lipinski definition) is 1. The third-order valence-electron chi connectivity index (χ3n) is 2.57. The predicted octanol–water partition coefficient (Wildman–Crippen LogP) is 4.47. The zero-order chi connectivity index (χ0) is 16.5. The quantitative estimate of drug-likeness (QED) is 0.499. The predicted molar refractivity (Wildman–Crippen MR) is 72.5 cm³/mol. The number of alkyl halides is 3. The van der Waals surface area contributed by atoms with E-state index in [1.165, 1.54) is 6.20 Å². The fourth-order valence-corrected chi connectivity index (χ4v) is 2.54. The lowest BCUT2D eigenvalue weighted by Crippen LogP contribution is -2.11. The molecule has 0 aliphatic rings. The molecule has 0 aliphatic heterocycles. The van der Waals surface area contributed by atoms with Crippen LogP contribution in [-0.4, -0.2) is 9.91 Å². The zero-order valence-corrected chi connectivity index (χ0v) is 12.0. The molecular weight excluding hydrogens is 350 g/mol. The van der Waals surface area contributed by atoms with Crippen LogP contribution in [-0.2, 0) is 12.7 Å². The number of hydrogen-bond acceptors (Lipinski definition) is 5. The lowest BCUT2D eigenvalue weighted by molar-refractivity contribution is -0.384. The SMILES string of the molecule is O=[N+]([O-])c1cc(C(F)(F)F)c(F)cc1NCc1cnc(Cl)s1. The first kappa shape index (κ1) is 16.4. The molecule has 0 amide bonds. The van der Waals surface area contributed by atoms with E-state index < -0.39 is 28.2 Å². The van der Waals surface area contributed by atoms with Crippen LogP contribution in [0.25, 0.3) is 0 Å². The topological polar surface area (TPSA) is 68.1 Å². The Labute approximate surface area is 129 Å². The van der Waals surface area contributed by atoms with Gasteiger partial charge in [-0.1, -0.05) is 11.6 Å². The van der Waals surface area contributed by atoms with E-state index in [1.54, 1.807) is 0 Å². The van der Waals surface area contributed by atoms with Gasteiger partial charge in [-0.3, -0.25) is 10.1 Å². The molecular formula is C11H6ClF4N3O2S. The summed E-state index contributed by atoms with van der Waals surface area (Å²) in [6.07, 6.45) is -3.62. The summed E-state index contributed by atoms with van der Waals surface area (Å²) in [5.41, 5.74) is -2.92. The molecule has 0 bridgehead atoms. The van der Waals surface area contributed by atoms with Crippen molar-refractivity contribution in [2.75, 3.05) is 5.32 Å². The molecule has 0 spiro atoms. The van der Waals surface area contributed by atoms with Crippen LogP contribution in [0.3, 0.4) is 0 Å². The molecule has 0 aliphatic carbocycles. The molecule has 0 radical (unpaired) electrons. The van der Waals surface area contributed by atoms with Crippen LogP contribution in [0, 0.1) is 15.9 Å². The Hall–Kier alpha value is -1.94. The largest absolute Gasteiger partial charge is 0.419 e. The van der Waals surface area contributed by atoms with E-state index in [-0.39, 0.29) is 22.8 Å². The van der Waals surface area contributed by atoms with Crippen LogP contribution < -0.4 is 5.32 Å². The second kappa shape index (κ2) is 6.05. The van der Waals surface area contributed by atoms with Crippen LogP contribution in [0.15, 0.2) is 18.3 Å². The zero-order valence-electron chi connectivity index (χ0n) is 10.4. The Bertz CT molecular complexity index is 720. The lowest BCUT2D eigenvalue weighted by Gasteiger charge is -2.11. The molecule has 0 unspecified atom stereocenters. The van der Waals surface area contributed by atoms with Crippen molar-refractivity contribution in [3.05, 3.63) is 49.2 Å². The Kier molecular flexibility index (Phi) is 4.52. The maximum Gasteiger partial charge on any atom is 0.419 e. The molecule has 5 nitrogen and oxygen atoms in total. The van der Waals surface area contributed by atoms with Crippen LogP contribution >= 0.6 is 22.9 Å². The number of aromatic nitrogens is 1. The van der Waals surface area contributed by atoms with Crippen molar-refractivity contribution in [3.8, 4) is 0 Å². The highest BCUT2D eigenvalue weighted by Crippen LogP contribution is 2.37. The van der Waals surface area contributed by atoms with Gasteiger partial charge in [0.05, 0.1) is 17.0 Å². The van der Waals surface area contributed by atoms with Crippen molar-refractivity contribution in [1.82, 2.24) is 4.98 Å². The Balaban J connectivity index is 2.34. The van der Waals surface area contributed by atoms with Crippen LogP contribution in [0.5, 0.6) is 0 Å². The van der Waals surface area contributed by atoms with E-state index >= 15 is 0 Å². The molecule has 1 aromatic carbocycles. The van der Waals surface area contributed by atoms with Crippen LogP contribution in [0.2, 0.25) is 4.47 Å². The van der Waals surface area contributed by atoms with E-state index in [9.17, 15) is 27.7 Å². The van der Waals surface area contributed by atoms with E-state index in [1.807, 2.05) is 0 Å². The Morgan fingerprint density at radius 3 is 2.59 bits per heavy atom. The summed E-state index contributed by atoms with van der Waals surface area (Å²) in [7, 11) is 0. The smallest absolute Gasteiger partial charge is 0.374 e. The highest BCUT2D eigenvalue weighted by Gasteiger charge is 2.36.